The zero-order valence-electron chi connectivity index (χ0n) is 28.2. The molecule has 6 aromatic rings. The lowest BCUT2D eigenvalue weighted by Crippen LogP contribution is -2.49. The van der Waals surface area contributed by atoms with E-state index in [1.807, 2.05) is 109 Å². The second-order valence-corrected chi connectivity index (χ2v) is 17.2. The molecule has 0 aromatic heterocycles. The number of esters is 2. The van der Waals surface area contributed by atoms with Gasteiger partial charge >= 0.3 is 11.9 Å². The van der Waals surface area contributed by atoms with Crippen LogP contribution in [0.1, 0.15) is 34.6 Å². The number of benzene rings is 6. The molecule has 0 amide bonds. The minimum absolute atomic E-state index is 0.248. The summed E-state index contributed by atoms with van der Waals surface area (Å²) in [6, 6.07) is 59.6. The molecule has 0 saturated carbocycles. The third kappa shape index (κ3) is 8.45. The summed E-state index contributed by atoms with van der Waals surface area (Å²) in [7, 11) is -2.15. The first-order chi connectivity index (χ1) is 24.5. The van der Waals surface area contributed by atoms with Gasteiger partial charge in [0.15, 0.2) is 0 Å². The fourth-order valence-electron chi connectivity index (χ4n) is 6.30. The third-order valence-corrected chi connectivity index (χ3v) is 14.4. The Morgan fingerprint density at radius 1 is 0.380 bits per heavy atom. The highest BCUT2D eigenvalue weighted by Crippen LogP contribution is 2.48. The van der Waals surface area contributed by atoms with Gasteiger partial charge in [-0.05, 0) is 61.3 Å². The van der Waals surface area contributed by atoms with Crippen LogP contribution in [0.3, 0.4) is 0 Å². The summed E-state index contributed by atoms with van der Waals surface area (Å²) < 4.78 is 13.3. The van der Waals surface area contributed by atoms with E-state index in [4.69, 9.17) is 9.47 Å². The van der Waals surface area contributed by atoms with Crippen LogP contribution >= 0.6 is 15.8 Å². The highest BCUT2D eigenvalue weighted by molar-refractivity contribution is 7.74. The molecule has 0 aliphatic rings. The number of hydrogen-bond donors (Lipinski definition) is 0. The summed E-state index contributed by atoms with van der Waals surface area (Å²) >= 11 is 0. The van der Waals surface area contributed by atoms with Crippen LogP contribution in [-0.2, 0) is 9.47 Å². The molecule has 0 saturated heterocycles. The summed E-state index contributed by atoms with van der Waals surface area (Å²) in [5.41, 5.74) is 0.397. The number of hydrogen-bond acceptors (Lipinski definition) is 4. The number of carbonyl (C=O) groups excluding carboxylic acids is 2. The number of ether oxygens (including phenoxy) is 2. The van der Waals surface area contributed by atoms with Gasteiger partial charge < -0.3 is 9.47 Å². The van der Waals surface area contributed by atoms with Crippen LogP contribution in [-0.4, -0.2) is 35.5 Å². The van der Waals surface area contributed by atoms with Gasteiger partial charge in [-0.2, -0.15) is 0 Å². The van der Waals surface area contributed by atoms with Gasteiger partial charge in [-0.25, -0.2) is 9.59 Å². The first kappa shape index (κ1) is 35.0. The van der Waals surface area contributed by atoms with Gasteiger partial charge in [-0.3, -0.25) is 0 Å². The molecular formula is C44H40O4P2. The Morgan fingerprint density at radius 3 is 0.840 bits per heavy atom. The minimum Gasteiger partial charge on any atom is -0.454 e. The van der Waals surface area contributed by atoms with E-state index in [0.29, 0.717) is 11.1 Å². The van der Waals surface area contributed by atoms with Gasteiger partial charge in [0, 0.05) is 11.3 Å². The van der Waals surface area contributed by atoms with Crippen molar-refractivity contribution in [2.24, 2.45) is 0 Å². The van der Waals surface area contributed by atoms with Crippen molar-refractivity contribution in [2.45, 2.75) is 37.4 Å². The van der Waals surface area contributed by atoms with Crippen LogP contribution in [0.2, 0.25) is 0 Å². The SMILES string of the molecule is CC(C(OC(=O)c1ccccc1)C(OC(=O)c1ccccc1)C(C)P(c1ccccc1)c1ccccc1)P(c1ccccc1)c1ccccc1. The smallest absolute Gasteiger partial charge is 0.338 e. The number of carbonyl (C=O) groups is 2. The van der Waals surface area contributed by atoms with E-state index in [-0.39, 0.29) is 11.3 Å². The Bertz CT molecular complexity index is 1700. The molecule has 6 rings (SSSR count). The molecule has 0 heterocycles. The third-order valence-electron chi connectivity index (χ3n) is 8.73. The second kappa shape index (κ2) is 17.2. The lowest BCUT2D eigenvalue weighted by Gasteiger charge is -2.40. The molecule has 0 bridgehead atoms. The lowest BCUT2D eigenvalue weighted by molar-refractivity contribution is -0.0350. The summed E-state index contributed by atoms with van der Waals surface area (Å²) in [5, 5.41) is 4.60. The van der Waals surface area contributed by atoms with Gasteiger partial charge in [-0.1, -0.05) is 172 Å². The van der Waals surface area contributed by atoms with Crippen LogP contribution in [0.25, 0.3) is 0 Å². The Hall–Kier alpha value is -4.88. The molecule has 4 atom stereocenters. The van der Waals surface area contributed by atoms with Crippen molar-refractivity contribution in [3.63, 3.8) is 0 Å². The molecule has 4 nitrogen and oxygen atoms in total. The highest BCUT2D eigenvalue weighted by atomic mass is 31.1. The molecule has 6 heteroatoms. The minimum atomic E-state index is -1.08. The zero-order valence-corrected chi connectivity index (χ0v) is 29.9. The average Bonchev–Trinajstić information content (AvgIpc) is 3.18. The van der Waals surface area contributed by atoms with Crippen molar-refractivity contribution in [1.29, 1.82) is 0 Å². The van der Waals surface area contributed by atoms with Gasteiger partial charge in [0.05, 0.1) is 11.1 Å². The van der Waals surface area contributed by atoms with Gasteiger partial charge in [0.2, 0.25) is 0 Å². The molecule has 6 aromatic carbocycles. The quantitative estimate of drug-likeness (QED) is 0.0900. The van der Waals surface area contributed by atoms with Crippen LogP contribution in [0, 0.1) is 0 Å². The highest BCUT2D eigenvalue weighted by Gasteiger charge is 2.44. The Morgan fingerprint density at radius 2 is 0.600 bits per heavy atom. The largest absolute Gasteiger partial charge is 0.454 e. The lowest BCUT2D eigenvalue weighted by atomic mass is 10.1. The molecular weight excluding hydrogens is 654 g/mol. The second-order valence-electron chi connectivity index (χ2n) is 12.0. The Kier molecular flexibility index (Phi) is 12.0. The van der Waals surface area contributed by atoms with E-state index < -0.39 is 40.0 Å². The maximum atomic E-state index is 14.1. The van der Waals surface area contributed by atoms with E-state index in [0.717, 1.165) is 21.2 Å². The maximum Gasteiger partial charge on any atom is 0.338 e. The van der Waals surface area contributed by atoms with E-state index in [2.05, 4.69) is 62.4 Å². The van der Waals surface area contributed by atoms with E-state index in [1.54, 1.807) is 24.3 Å². The normalized spacial score (nSPS) is 13.6. The topological polar surface area (TPSA) is 52.6 Å². The fourth-order valence-corrected chi connectivity index (χ4v) is 11.8. The zero-order chi connectivity index (χ0) is 34.7. The molecule has 0 radical (unpaired) electrons. The maximum absolute atomic E-state index is 14.1. The fraction of sp³-hybridized carbons (Fsp3) is 0.136. The molecule has 0 fully saturated rings. The van der Waals surface area contributed by atoms with Crippen LogP contribution in [0.5, 0.6) is 0 Å². The first-order valence-corrected chi connectivity index (χ1v) is 19.6. The Labute approximate surface area is 297 Å². The monoisotopic (exact) mass is 694 g/mol. The summed E-state index contributed by atoms with van der Waals surface area (Å²) in [4.78, 5) is 28.2. The average molecular weight is 695 g/mol. The summed E-state index contributed by atoms with van der Waals surface area (Å²) in [5.74, 6) is -0.898. The number of rotatable bonds is 13. The van der Waals surface area contributed by atoms with Crippen molar-refractivity contribution < 1.29 is 19.1 Å². The summed E-state index contributed by atoms with van der Waals surface area (Å²) in [6.45, 7) is 4.27. The molecule has 0 aliphatic heterocycles. The first-order valence-electron chi connectivity index (χ1n) is 16.8. The molecule has 0 aliphatic carbocycles. The van der Waals surface area contributed by atoms with E-state index in [9.17, 15) is 9.59 Å². The Balaban J connectivity index is 1.52. The van der Waals surface area contributed by atoms with Crippen molar-refractivity contribution in [3.05, 3.63) is 193 Å². The molecule has 4 unspecified atom stereocenters. The van der Waals surface area contributed by atoms with E-state index in [1.165, 1.54) is 0 Å². The van der Waals surface area contributed by atoms with Crippen molar-refractivity contribution in [3.8, 4) is 0 Å². The predicted octanol–water partition coefficient (Wildman–Crippen LogP) is 8.48. The van der Waals surface area contributed by atoms with Crippen LogP contribution in [0.4, 0.5) is 0 Å². The van der Waals surface area contributed by atoms with Crippen LogP contribution < -0.4 is 21.2 Å². The molecule has 250 valence electrons. The van der Waals surface area contributed by atoms with E-state index >= 15 is 0 Å². The van der Waals surface area contributed by atoms with Gasteiger partial charge in [-0.15, -0.1) is 0 Å². The predicted molar refractivity (Wildman–Crippen MR) is 208 cm³/mol. The molecule has 50 heavy (non-hydrogen) atoms. The van der Waals surface area contributed by atoms with Crippen molar-refractivity contribution >= 4 is 49.0 Å². The van der Waals surface area contributed by atoms with Gasteiger partial charge in [0.1, 0.15) is 12.2 Å². The van der Waals surface area contributed by atoms with Crippen molar-refractivity contribution in [1.82, 2.24) is 0 Å². The van der Waals surface area contributed by atoms with Crippen LogP contribution in [0.15, 0.2) is 182 Å². The summed E-state index contributed by atoms with van der Waals surface area (Å²) in [6.07, 6.45) is -1.59. The van der Waals surface area contributed by atoms with Gasteiger partial charge in [0.25, 0.3) is 0 Å². The molecule has 0 N–H and O–H groups in total. The standard InChI is InChI=1S/C44H40O4P2/c1-33(49(37-25-13-5-14-26-37)38-27-15-6-16-28-38)41(47-43(45)35-21-9-3-10-22-35)42(48-44(46)36-23-11-4-12-24-36)34(2)50(39-29-17-7-18-30-39)40-31-19-8-20-32-40/h3-34,41-42H,1-2H3. The van der Waals surface area contributed by atoms with Crippen molar-refractivity contribution in [2.75, 3.05) is 0 Å². The molecule has 0 spiro atoms.